The van der Waals surface area contributed by atoms with Crippen LogP contribution in [0.4, 0.5) is 0 Å². The Hall–Kier alpha value is -1.47. The quantitative estimate of drug-likeness (QED) is 0.808. The Bertz CT molecular complexity index is 840. The number of rotatable bonds is 6. The van der Waals surface area contributed by atoms with Crippen molar-refractivity contribution in [3.8, 4) is 11.5 Å². The molecule has 2 rings (SSSR count). The van der Waals surface area contributed by atoms with Crippen LogP contribution in [0, 0.1) is 0 Å². The molecule has 5 nitrogen and oxygen atoms in total. The van der Waals surface area contributed by atoms with E-state index >= 15 is 0 Å². The van der Waals surface area contributed by atoms with Crippen molar-refractivity contribution in [3.05, 3.63) is 52.0 Å². The van der Waals surface area contributed by atoms with Crippen LogP contribution in [0.5, 0.6) is 11.5 Å². The van der Waals surface area contributed by atoms with E-state index in [2.05, 4.69) is 4.72 Å². The molecule has 0 amide bonds. The van der Waals surface area contributed by atoms with Crippen LogP contribution in [-0.2, 0) is 10.0 Å². The molecule has 1 N–H and O–H groups in total. The van der Waals surface area contributed by atoms with Crippen LogP contribution in [0.2, 0.25) is 10.0 Å². The SMILES string of the molecule is COc1ccc(OC)c(C(C)NS(=O)(=O)c2ccc(Cl)c(Cl)c2)c1. The summed E-state index contributed by atoms with van der Waals surface area (Å²) in [6.45, 7) is 1.71. The van der Waals surface area contributed by atoms with E-state index in [1.807, 2.05) is 0 Å². The smallest absolute Gasteiger partial charge is 0.241 e. The molecule has 2 aromatic carbocycles. The molecule has 0 aromatic heterocycles. The minimum Gasteiger partial charge on any atom is -0.497 e. The Morgan fingerprint density at radius 1 is 1.00 bits per heavy atom. The summed E-state index contributed by atoms with van der Waals surface area (Å²) in [5, 5.41) is 0.462. The van der Waals surface area contributed by atoms with Crippen molar-refractivity contribution in [1.82, 2.24) is 4.72 Å². The molecule has 0 spiro atoms. The molecule has 0 saturated heterocycles. The third-order valence-corrected chi connectivity index (χ3v) is 5.71. The van der Waals surface area contributed by atoms with Gasteiger partial charge in [0.25, 0.3) is 0 Å². The fourth-order valence-corrected chi connectivity index (χ4v) is 3.80. The Morgan fingerprint density at radius 2 is 1.71 bits per heavy atom. The minimum atomic E-state index is -3.78. The maximum Gasteiger partial charge on any atom is 0.241 e. The fourth-order valence-electron chi connectivity index (χ4n) is 2.19. The molecule has 0 bridgehead atoms. The highest BCUT2D eigenvalue weighted by molar-refractivity contribution is 7.89. The second kappa shape index (κ2) is 7.61. The third-order valence-electron chi connectivity index (χ3n) is 3.44. The van der Waals surface area contributed by atoms with Crippen molar-refractivity contribution < 1.29 is 17.9 Å². The molecule has 2 aromatic rings. The van der Waals surface area contributed by atoms with E-state index in [1.165, 1.54) is 32.4 Å². The fraction of sp³-hybridized carbons (Fsp3) is 0.250. The average molecular weight is 390 g/mol. The molecule has 1 unspecified atom stereocenters. The summed E-state index contributed by atoms with van der Waals surface area (Å²) in [7, 11) is -0.724. The van der Waals surface area contributed by atoms with Crippen LogP contribution in [0.15, 0.2) is 41.3 Å². The number of methoxy groups -OCH3 is 2. The first-order valence-electron chi connectivity index (χ1n) is 6.98. The summed E-state index contributed by atoms with van der Waals surface area (Å²) in [6.07, 6.45) is 0. The van der Waals surface area contributed by atoms with Crippen LogP contribution in [0.25, 0.3) is 0 Å². The maximum absolute atomic E-state index is 12.5. The lowest BCUT2D eigenvalue weighted by atomic mass is 10.1. The first kappa shape index (κ1) is 18.9. The zero-order valence-electron chi connectivity index (χ0n) is 13.3. The summed E-state index contributed by atoms with van der Waals surface area (Å²) in [5.41, 5.74) is 0.653. The molecule has 24 heavy (non-hydrogen) atoms. The van der Waals surface area contributed by atoms with Crippen LogP contribution < -0.4 is 14.2 Å². The average Bonchev–Trinajstić information content (AvgIpc) is 2.56. The van der Waals surface area contributed by atoms with Gasteiger partial charge in [0.2, 0.25) is 10.0 Å². The van der Waals surface area contributed by atoms with Gasteiger partial charge in [-0.2, -0.15) is 0 Å². The van der Waals surface area contributed by atoms with Crippen LogP contribution in [-0.4, -0.2) is 22.6 Å². The van der Waals surface area contributed by atoms with Gasteiger partial charge in [-0.1, -0.05) is 23.2 Å². The van der Waals surface area contributed by atoms with Gasteiger partial charge < -0.3 is 9.47 Å². The van der Waals surface area contributed by atoms with Gasteiger partial charge in [0.1, 0.15) is 11.5 Å². The van der Waals surface area contributed by atoms with E-state index < -0.39 is 16.1 Å². The van der Waals surface area contributed by atoms with Gasteiger partial charge in [0.05, 0.1) is 29.2 Å². The highest BCUT2D eigenvalue weighted by atomic mass is 35.5. The van der Waals surface area contributed by atoms with Crippen LogP contribution in [0.1, 0.15) is 18.5 Å². The standard InChI is InChI=1S/C16H17Cl2NO4S/c1-10(13-8-11(22-2)4-7-16(13)23-3)19-24(20,21)12-5-6-14(17)15(18)9-12/h4-10,19H,1-3H3. The first-order valence-corrected chi connectivity index (χ1v) is 9.21. The van der Waals surface area contributed by atoms with Gasteiger partial charge in [-0.15, -0.1) is 0 Å². The topological polar surface area (TPSA) is 64.6 Å². The van der Waals surface area contributed by atoms with Gasteiger partial charge in [-0.25, -0.2) is 13.1 Å². The van der Waals surface area contributed by atoms with Crippen LogP contribution in [0.3, 0.4) is 0 Å². The first-order chi connectivity index (χ1) is 11.3. The molecule has 0 fully saturated rings. The van der Waals surface area contributed by atoms with Crippen molar-refractivity contribution in [2.75, 3.05) is 14.2 Å². The van der Waals surface area contributed by atoms with Crippen molar-refractivity contribution in [1.29, 1.82) is 0 Å². The molecular formula is C16H17Cl2NO4S. The van der Waals surface area contributed by atoms with Crippen molar-refractivity contribution in [2.24, 2.45) is 0 Å². The number of halogens is 2. The summed E-state index contributed by atoms with van der Waals surface area (Å²) in [5.74, 6) is 1.16. The molecule has 0 saturated carbocycles. The number of hydrogen-bond donors (Lipinski definition) is 1. The molecule has 0 heterocycles. The van der Waals surface area contributed by atoms with E-state index in [4.69, 9.17) is 32.7 Å². The molecule has 8 heteroatoms. The predicted octanol–water partition coefficient (Wildman–Crippen LogP) is 4.05. The van der Waals surface area contributed by atoms with Gasteiger partial charge in [0.15, 0.2) is 0 Å². The van der Waals surface area contributed by atoms with Crippen molar-refractivity contribution in [3.63, 3.8) is 0 Å². The lowest BCUT2D eigenvalue weighted by molar-refractivity contribution is 0.395. The second-order valence-corrected chi connectivity index (χ2v) is 7.56. The Labute approximate surface area is 151 Å². The number of ether oxygens (including phenoxy) is 2. The molecule has 0 aliphatic carbocycles. The zero-order chi connectivity index (χ0) is 17.9. The third kappa shape index (κ3) is 4.13. The largest absolute Gasteiger partial charge is 0.497 e. The predicted molar refractivity (Wildman–Crippen MR) is 94.7 cm³/mol. The molecule has 1 atom stereocenters. The monoisotopic (exact) mass is 389 g/mol. The van der Waals surface area contributed by atoms with Crippen molar-refractivity contribution in [2.45, 2.75) is 17.9 Å². The molecule has 130 valence electrons. The second-order valence-electron chi connectivity index (χ2n) is 5.03. The van der Waals surface area contributed by atoms with E-state index in [0.29, 0.717) is 17.1 Å². The number of sulfonamides is 1. The zero-order valence-corrected chi connectivity index (χ0v) is 15.7. The van der Waals surface area contributed by atoms with Gasteiger partial charge >= 0.3 is 0 Å². The van der Waals surface area contributed by atoms with Gasteiger partial charge in [-0.3, -0.25) is 0 Å². The van der Waals surface area contributed by atoms with Gasteiger partial charge in [-0.05, 0) is 43.3 Å². The highest BCUT2D eigenvalue weighted by Gasteiger charge is 2.22. The van der Waals surface area contributed by atoms with E-state index in [1.54, 1.807) is 25.1 Å². The van der Waals surface area contributed by atoms with Crippen LogP contribution >= 0.6 is 23.2 Å². The number of nitrogens with one attached hydrogen (secondary N) is 1. The maximum atomic E-state index is 12.5. The molecule has 0 radical (unpaired) electrons. The Morgan fingerprint density at radius 3 is 2.29 bits per heavy atom. The number of benzene rings is 2. The van der Waals surface area contributed by atoms with E-state index in [-0.39, 0.29) is 14.9 Å². The summed E-state index contributed by atoms with van der Waals surface area (Å²) in [6, 6.07) is 8.78. The minimum absolute atomic E-state index is 0.0330. The Balaban J connectivity index is 2.34. The molecular weight excluding hydrogens is 373 g/mol. The van der Waals surface area contributed by atoms with E-state index in [9.17, 15) is 8.42 Å². The molecule has 0 aliphatic rings. The van der Waals surface area contributed by atoms with Gasteiger partial charge in [0, 0.05) is 11.6 Å². The lowest BCUT2D eigenvalue weighted by Gasteiger charge is -2.18. The Kier molecular flexibility index (Phi) is 5.98. The summed E-state index contributed by atoms with van der Waals surface area (Å²) in [4.78, 5) is 0.0330. The van der Waals surface area contributed by atoms with Crippen molar-refractivity contribution >= 4 is 33.2 Å². The summed E-state index contributed by atoms with van der Waals surface area (Å²) >= 11 is 11.7. The summed E-state index contributed by atoms with van der Waals surface area (Å²) < 4.78 is 38.2. The van der Waals surface area contributed by atoms with E-state index in [0.717, 1.165) is 0 Å². The number of hydrogen-bond acceptors (Lipinski definition) is 4. The normalized spacial score (nSPS) is 12.7. The molecule has 0 aliphatic heterocycles. The lowest BCUT2D eigenvalue weighted by Crippen LogP contribution is -2.27. The highest BCUT2D eigenvalue weighted by Crippen LogP contribution is 2.31.